The maximum atomic E-state index is 9.49. The van der Waals surface area contributed by atoms with Crippen LogP contribution >= 0.6 is 12.6 Å². The fraction of sp³-hybridized carbons (Fsp3) is 0.375. The molecule has 0 unspecified atom stereocenters. The van der Waals surface area contributed by atoms with Gasteiger partial charge in [-0.15, -0.1) is 0 Å². The summed E-state index contributed by atoms with van der Waals surface area (Å²) in [6, 6.07) is 0. The Labute approximate surface area is 76.5 Å². The Morgan fingerprint density at radius 3 is 2.75 bits per heavy atom. The number of hydrogen-bond donors (Lipinski definition) is 3. The van der Waals surface area contributed by atoms with Crippen molar-refractivity contribution in [2.45, 2.75) is 19.3 Å². The van der Waals surface area contributed by atoms with Gasteiger partial charge in [-0.3, -0.25) is 4.98 Å². The number of aromatic nitrogens is 1. The lowest BCUT2D eigenvalue weighted by molar-refractivity contribution is 0.279. The molecule has 0 aliphatic heterocycles. The number of hydrogen-bond acceptors (Lipinski definition) is 4. The molecule has 0 aliphatic rings. The van der Waals surface area contributed by atoms with Gasteiger partial charge in [0.25, 0.3) is 0 Å². The second-order valence-corrected chi connectivity index (χ2v) is 2.83. The van der Waals surface area contributed by atoms with Crippen molar-refractivity contribution in [3.8, 4) is 5.75 Å². The molecule has 0 radical (unpaired) electrons. The molecule has 1 aromatic rings. The van der Waals surface area contributed by atoms with E-state index in [1.807, 2.05) is 0 Å². The molecule has 1 rings (SSSR count). The van der Waals surface area contributed by atoms with Crippen molar-refractivity contribution in [3.63, 3.8) is 0 Å². The number of aliphatic hydroxyl groups excluding tert-OH is 1. The van der Waals surface area contributed by atoms with Gasteiger partial charge in [0.1, 0.15) is 5.75 Å². The van der Waals surface area contributed by atoms with Crippen LogP contribution in [0, 0.1) is 6.92 Å². The van der Waals surface area contributed by atoms with E-state index in [0.29, 0.717) is 22.6 Å². The summed E-state index contributed by atoms with van der Waals surface area (Å²) in [6.07, 6.45) is 1.56. The van der Waals surface area contributed by atoms with Gasteiger partial charge < -0.3 is 10.2 Å². The van der Waals surface area contributed by atoms with E-state index in [1.165, 1.54) is 0 Å². The van der Waals surface area contributed by atoms with E-state index in [4.69, 9.17) is 5.11 Å². The number of aryl methyl sites for hydroxylation is 1. The molecule has 0 aliphatic carbocycles. The molecule has 4 heteroatoms. The van der Waals surface area contributed by atoms with Gasteiger partial charge in [-0.1, -0.05) is 0 Å². The number of aromatic hydroxyl groups is 1. The summed E-state index contributed by atoms with van der Waals surface area (Å²) in [5, 5.41) is 18.4. The van der Waals surface area contributed by atoms with Crippen LogP contribution in [0.5, 0.6) is 5.75 Å². The summed E-state index contributed by atoms with van der Waals surface area (Å²) in [6.45, 7) is 1.60. The molecule has 0 spiro atoms. The zero-order chi connectivity index (χ0) is 9.14. The maximum absolute atomic E-state index is 9.49. The van der Waals surface area contributed by atoms with Crippen LogP contribution in [0.15, 0.2) is 6.20 Å². The summed E-state index contributed by atoms with van der Waals surface area (Å²) in [7, 11) is 0. The van der Waals surface area contributed by atoms with Crippen LogP contribution in [-0.2, 0) is 12.4 Å². The zero-order valence-electron chi connectivity index (χ0n) is 6.78. The second kappa shape index (κ2) is 3.78. The molecule has 0 atom stereocenters. The highest BCUT2D eigenvalue weighted by Gasteiger charge is 2.08. The SMILES string of the molecule is Cc1ncc(CO)c(CS)c1O. The molecule has 0 saturated heterocycles. The van der Waals surface area contributed by atoms with Gasteiger partial charge in [0.05, 0.1) is 12.3 Å². The molecule has 0 saturated carbocycles. The highest BCUT2D eigenvalue weighted by molar-refractivity contribution is 7.79. The van der Waals surface area contributed by atoms with Gasteiger partial charge in [-0.05, 0) is 6.92 Å². The first-order valence-corrected chi connectivity index (χ1v) is 4.22. The third-order valence-electron chi connectivity index (χ3n) is 1.76. The number of aliphatic hydroxyl groups is 1. The van der Waals surface area contributed by atoms with Crippen LogP contribution in [0.3, 0.4) is 0 Å². The Balaban J connectivity index is 3.25. The highest BCUT2D eigenvalue weighted by Crippen LogP contribution is 2.24. The smallest absolute Gasteiger partial charge is 0.141 e. The Kier molecular flexibility index (Phi) is 2.94. The lowest BCUT2D eigenvalue weighted by Crippen LogP contribution is -1.96. The number of rotatable bonds is 2. The van der Waals surface area contributed by atoms with Crippen molar-refractivity contribution in [2.75, 3.05) is 0 Å². The Hall–Kier alpha value is -0.740. The van der Waals surface area contributed by atoms with Crippen molar-refractivity contribution in [3.05, 3.63) is 23.0 Å². The Morgan fingerprint density at radius 2 is 2.25 bits per heavy atom. The molecule has 66 valence electrons. The average Bonchev–Trinajstić information content (AvgIpc) is 2.09. The molecule has 1 heterocycles. The molecule has 12 heavy (non-hydrogen) atoms. The average molecular weight is 185 g/mol. The van der Waals surface area contributed by atoms with E-state index >= 15 is 0 Å². The van der Waals surface area contributed by atoms with Crippen LogP contribution in [0.25, 0.3) is 0 Å². The summed E-state index contributed by atoms with van der Waals surface area (Å²) in [4.78, 5) is 3.91. The largest absolute Gasteiger partial charge is 0.506 e. The number of nitrogens with zero attached hydrogens (tertiary/aromatic N) is 1. The first kappa shape index (κ1) is 9.35. The van der Waals surface area contributed by atoms with E-state index in [9.17, 15) is 5.11 Å². The fourth-order valence-electron chi connectivity index (χ4n) is 0.997. The molecule has 3 nitrogen and oxygen atoms in total. The van der Waals surface area contributed by atoms with Crippen LogP contribution in [0.4, 0.5) is 0 Å². The van der Waals surface area contributed by atoms with Gasteiger partial charge in [-0.25, -0.2) is 0 Å². The Morgan fingerprint density at radius 1 is 1.58 bits per heavy atom. The predicted octanol–water partition coefficient (Wildman–Crippen LogP) is 1.02. The summed E-state index contributed by atoms with van der Waals surface area (Å²) in [5.74, 6) is 0.544. The minimum atomic E-state index is -0.114. The standard InChI is InChI=1S/C8H11NO2S/c1-5-8(11)7(4-12)6(3-10)2-9-5/h2,10-12H,3-4H2,1H3. The van der Waals surface area contributed by atoms with Gasteiger partial charge in [0.15, 0.2) is 0 Å². The zero-order valence-corrected chi connectivity index (χ0v) is 7.67. The van der Waals surface area contributed by atoms with Crippen LogP contribution < -0.4 is 0 Å². The topological polar surface area (TPSA) is 53.4 Å². The van der Waals surface area contributed by atoms with Crippen molar-refractivity contribution in [2.24, 2.45) is 0 Å². The van der Waals surface area contributed by atoms with Crippen LogP contribution in [-0.4, -0.2) is 15.2 Å². The summed E-state index contributed by atoms with van der Waals surface area (Å²) < 4.78 is 0. The first-order valence-electron chi connectivity index (χ1n) is 3.58. The molecule has 0 fully saturated rings. The molecular formula is C8H11NO2S. The second-order valence-electron chi connectivity index (χ2n) is 2.51. The molecule has 1 aromatic heterocycles. The fourth-order valence-corrected chi connectivity index (χ4v) is 1.35. The van der Waals surface area contributed by atoms with Gasteiger partial charge in [-0.2, -0.15) is 12.6 Å². The van der Waals surface area contributed by atoms with Gasteiger partial charge in [0.2, 0.25) is 0 Å². The van der Waals surface area contributed by atoms with Crippen LogP contribution in [0.1, 0.15) is 16.8 Å². The number of pyridine rings is 1. The quantitative estimate of drug-likeness (QED) is 0.603. The predicted molar refractivity (Wildman–Crippen MR) is 49.3 cm³/mol. The normalized spacial score (nSPS) is 10.2. The first-order chi connectivity index (χ1) is 5.70. The molecule has 0 bridgehead atoms. The number of thiol groups is 1. The third-order valence-corrected chi connectivity index (χ3v) is 2.07. The van der Waals surface area contributed by atoms with E-state index in [0.717, 1.165) is 0 Å². The molecule has 0 aromatic carbocycles. The lowest BCUT2D eigenvalue weighted by atomic mass is 10.1. The van der Waals surface area contributed by atoms with Gasteiger partial charge in [0, 0.05) is 23.1 Å². The molecular weight excluding hydrogens is 174 g/mol. The van der Waals surface area contributed by atoms with Gasteiger partial charge >= 0.3 is 0 Å². The van der Waals surface area contributed by atoms with Crippen molar-refractivity contribution >= 4 is 12.6 Å². The molecule has 0 amide bonds. The summed E-state index contributed by atoms with van der Waals surface area (Å²) in [5.41, 5.74) is 1.86. The third kappa shape index (κ3) is 1.54. The lowest BCUT2D eigenvalue weighted by Gasteiger charge is -2.07. The van der Waals surface area contributed by atoms with E-state index in [-0.39, 0.29) is 12.4 Å². The maximum Gasteiger partial charge on any atom is 0.141 e. The minimum absolute atomic E-state index is 0.114. The van der Waals surface area contributed by atoms with Crippen molar-refractivity contribution < 1.29 is 10.2 Å². The highest BCUT2D eigenvalue weighted by atomic mass is 32.1. The van der Waals surface area contributed by atoms with Crippen LogP contribution in [0.2, 0.25) is 0 Å². The Bertz CT molecular complexity index is 289. The monoisotopic (exact) mass is 185 g/mol. The van der Waals surface area contributed by atoms with E-state index in [2.05, 4.69) is 17.6 Å². The van der Waals surface area contributed by atoms with Crippen molar-refractivity contribution in [1.29, 1.82) is 0 Å². The van der Waals surface area contributed by atoms with E-state index < -0.39 is 0 Å². The molecule has 2 N–H and O–H groups in total. The minimum Gasteiger partial charge on any atom is -0.506 e. The van der Waals surface area contributed by atoms with Crippen molar-refractivity contribution in [1.82, 2.24) is 4.98 Å². The summed E-state index contributed by atoms with van der Waals surface area (Å²) >= 11 is 4.05. The van der Waals surface area contributed by atoms with E-state index in [1.54, 1.807) is 13.1 Å².